The van der Waals surface area contributed by atoms with Gasteiger partial charge in [-0.15, -0.1) is 0 Å². The standard InChI is InChI=1S/C12H18N4O2/c1-11(17)18-10-9-15-5-7-16(8-6-15)12-13-3-2-4-14-12/h2-4H,5-10H2,1H3. The Labute approximate surface area is 107 Å². The lowest BCUT2D eigenvalue weighted by molar-refractivity contribution is -0.141. The van der Waals surface area contributed by atoms with Crippen molar-refractivity contribution in [2.45, 2.75) is 6.92 Å². The maximum absolute atomic E-state index is 10.7. The summed E-state index contributed by atoms with van der Waals surface area (Å²) in [4.78, 5) is 23.6. The Morgan fingerprint density at radius 1 is 1.28 bits per heavy atom. The quantitative estimate of drug-likeness (QED) is 0.710. The zero-order chi connectivity index (χ0) is 12.8. The summed E-state index contributed by atoms with van der Waals surface area (Å²) in [6, 6.07) is 1.82. The van der Waals surface area contributed by atoms with E-state index >= 15 is 0 Å². The van der Waals surface area contributed by atoms with E-state index in [2.05, 4.69) is 19.8 Å². The van der Waals surface area contributed by atoms with Gasteiger partial charge in [-0.1, -0.05) is 0 Å². The Hall–Kier alpha value is -1.69. The van der Waals surface area contributed by atoms with Crippen molar-refractivity contribution in [3.8, 4) is 0 Å². The van der Waals surface area contributed by atoms with Gasteiger partial charge in [0.15, 0.2) is 0 Å². The van der Waals surface area contributed by atoms with Crippen LogP contribution in [0.5, 0.6) is 0 Å². The monoisotopic (exact) mass is 250 g/mol. The number of esters is 1. The molecule has 1 aliphatic heterocycles. The number of hydrogen-bond acceptors (Lipinski definition) is 6. The van der Waals surface area contributed by atoms with Gasteiger partial charge < -0.3 is 9.64 Å². The van der Waals surface area contributed by atoms with Gasteiger partial charge in [0.1, 0.15) is 6.61 Å². The molecule has 0 spiro atoms. The molecule has 1 fully saturated rings. The highest BCUT2D eigenvalue weighted by Gasteiger charge is 2.18. The third-order valence-electron chi connectivity index (χ3n) is 2.92. The summed E-state index contributed by atoms with van der Waals surface area (Å²) in [5, 5.41) is 0. The predicted molar refractivity (Wildman–Crippen MR) is 67.3 cm³/mol. The van der Waals surface area contributed by atoms with Crippen LogP contribution in [0.25, 0.3) is 0 Å². The molecule has 6 nitrogen and oxygen atoms in total. The van der Waals surface area contributed by atoms with Gasteiger partial charge in [0, 0.05) is 52.0 Å². The van der Waals surface area contributed by atoms with Gasteiger partial charge in [-0.3, -0.25) is 9.69 Å². The SMILES string of the molecule is CC(=O)OCCN1CCN(c2ncccn2)CC1. The van der Waals surface area contributed by atoms with Gasteiger partial charge in [-0.25, -0.2) is 9.97 Å². The Morgan fingerprint density at radius 3 is 2.56 bits per heavy atom. The van der Waals surface area contributed by atoms with E-state index in [1.54, 1.807) is 12.4 Å². The Morgan fingerprint density at radius 2 is 1.94 bits per heavy atom. The molecule has 0 bridgehead atoms. The fraction of sp³-hybridized carbons (Fsp3) is 0.583. The maximum Gasteiger partial charge on any atom is 0.302 e. The number of ether oxygens (including phenoxy) is 1. The molecule has 2 rings (SSSR count). The number of rotatable bonds is 4. The zero-order valence-electron chi connectivity index (χ0n) is 10.6. The largest absolute Gasteiger partial charge is 0.465 e. The summed E-state index contributed by atoms with van der Waals surface area (Å²) in [5.41, 5.74) is 0. The fourth-order valence-electron chi connectivity index (χ4n) is 1.94. The fourth-order valence-corrected chi connectivity index (χ4v) is 1.94. The van der Waals surface area contributed by atoms with E-state index in [0.717, 1.165) is 38.7 Å². The average molecular weight is 250 g/mol. The molecule has 0 radical (unpaired) electrons. The highest BCUT2D eigenvalue weighted by atomic mass is 16.5. The molecule has 1 aromatic heterocycles. The Balaban J connectivity index is 1.73. The molecule has 0 unspecified atom stereocenters. The van der Waals surface area contributed by atoms with E-state index in [0.29, 0.717) is 6.61 Å². The van der Waals surface area contributed by atoms with Crippen LogP contribution in [-0.4, -0.2) is 60.2 Å². The molecule has 1 aliphatic rings. The summed E-state index contributed by atoms with van der Waals surface area (Å²) in [5.74, 6) is 0.573. The van der Waals surface area contributed by atoms with Crippen LogP contribution < -0.4 is 4.90 Å². The first-order valence-corrected chi connectivity index (χ1v) is 6.13. The molecule has 0 aliphatic carbocycles. The molecular weight excluding hydrogens is 232 g/mol. The number of hydrogen-bond donors (Lipinski definition) is 0. The number of carbonyl (C=O) groups excluding carboxylic acids is 1. The number of anilines is 1. The van der Waals surface area contributed by atoms with Crippen molar-refractivity contribution in [3.63, 3.8) is 0 Å². The van der Waals surface area contributed by atoms with Gasteiger partial charge >= 0.3 is 5.97 Å². The Bertz CT molecular complexity index is 377. The van der Waals surface area contributed by atoms with E-state index in [4.69, 9.17) is 4.74 Å². The van der Waals surface area contributed by atoms with E-state index in [1.165, 1.54) is 6.92 Å². The van der Waals surface area contributed by atoms with Gasteiger partial charge in [-0.2, -0.15) is 0 Å². The summed E-state index contributed by atoms with van der Waals surface area (Å²) < 4.78 is 4.94. The van der Waals surface area contributed by atoms with Crippen LogP contribution in [0.4, 0.5) is 5.95 Å². The molecule has 0 atom stereocenters. The normalized spacial score (nSPS) is 16.6. The Kier molecular flexibility index (Phi) is 4.46. The molecule has 1 aromatic rings. The van der Waals surface area contributed by atoms with Crippen molar-refractivity contribution in [1.82, 2.24) is 14.9 Å². The molecule has 0 N–H and O–H groups in total. The first kappa shape index (κ1) is 12.8. The van der Waals surface area contributed by atoms with Crippen molar-refractivity contribution < 1.29 is 9.53 Å². The number of nitrogens with zero attached hydrogens (tertiary/aromatic N) is 4. The molecular formula is C12H18N4O2. The summed E-state index contributed by atoms with van der Waals surface area (Å²) in [7, 11) is 0. The first-order valence-electron chi connectivity index (χ1n) is 6.13. The van der Waals surface area contributed by atoms with Crippen LogP contribution in [0, 0.1) is 0 Å². The number of aromatic nitrogens is 2. The van der Waals surface area contributed by atoms with Crippen LogP contribution in [-0.2, 0) is 9.53 Å². The van der Waals surface area contributed by atoms with Crippen molar-refractivity contribution in [2.24, 2.45) is 0 Å². The highest BCUT2D eigenvalue weighted by Crippen LogP contribution is 2.09. The number of piperazine rings is 1. The lowest BCUT2D eigenvalue weighted by atomic mass is 10.3. The minimum absolute atomic E-state index is 0.216. The summed E-state index contributed by atoms with van der Waals surface area (Å²) in [6.07, 6.45) is 3.52. The zero-order valence-corrected chi connectivity index (χ0v) is 10.6. The molecule has 18 heavy (non-hydrogen) atoms. The van der Waals surface area contributed by atoms with E-state index < -0.39 is 0 Å². The lowest BCUT2D eigenvalue weighted by Crippen LogP contribution is -2.47. The molecule has 2 heterocycles. The second-order valence-corrected chi connectivity index (χ2v) is 4.22. The molecule has 0 saturated carbocycles. The van der Waals surface area contributed by atoms with Crippen LogP contribution in [0.15, 0.2) is 18.5 Å². The maximum atomic E-state index is 10.7. The third-order valence-corrected chi connectivity index (χ3v) is 2.92. The molecule has 98 valence electrons. The van der Waals surface area contributed by atoms with Gasteiger partial charge in [0.05, 0.1) is 0 Å². The average Bonchev–Trinajstić information content (AvgIpc) is 2.40. The van der Waals surface area contributed by atoms with Gasteiger partial charge in [-0.05, 0) is 6.07 Å². The molecule has 6 heteroatoms. The van der Waals surface area contributed by atoms with Crippen LogP contribution in [0.3, 0.4) is 0 Å². The van der Waals surface area contributed by atoms with E-state index in [-0.39, 0.29) is 5.97 Å². The van der Waals surface area contributed by atoms with E-state index in [9.17, 15) is 4.79 Å². The van der Waals surface area contributed by atoms with Crippen LogP contribution >= 0.6 is 0 Å². The molecule has 1 saturated heterocycles. The van der Waals surface area contributed by atoms with E-state index in [1.807, 2.05) is 6.07 Å². The lowest BCUT2D eigenvalue weighted by Gasteiger charge is -2.34. The topological polar surface area (TPSA) is 58.6 Å². The third kappa shape index (κ3) is 3.66. The van der Waals surface area contributed by atoms with Crippen molar-refractivity contribution in [2.75, 3.05) is 44.2 Å². The molecule has 0 amide bonds. The van der Waals surface area contributed by atoms with Crippen molar-refractivity contribution in [3.05, 3.63) is 18.5 Å². The summed E-state index contributed by atoms with van der Waals surface area (Å²) >= 11 is 0. The van der Waals surface area contributed by atoms with Crippen molar-refractivity contribution in [1.29, 1.82) is 0 Å². The number of carbonyl (C=O) groups is 1. The smallest absolute Gasteiger partial charge is 0.302 e. The first-order chi connectivity index (χ1) is 8.75. The van der Waals surface area contributed by atoms with Crippen LogP contribution in [0.2, 0.25) is 0 Å². The minimum atomic E-state index is -0.216. The summed E-state index contributed by atoms with van der Waals surface area (Å²) in [6.45, 7) is 6.40. The molecule has 0 aromatic carbocycles. The second-order valence-electron chi connectivity index (χ2n) is 4.22. The van der Waals surface area contributed by atoms with Gasteiger partial charge in [0.2, 0.25) is 5.95 Å². The van der Waals surface area contributed by atoms with Crippen LogP contribution in [0.1, 0.15) is 6.92 Å². The van der Waals surface area contributed by atoms with Crippen molar-refractivity contribution >= 4 is 11.9 Å². The second kappa shape index (κ2) is 6.30. The highest BCUT2D eigenvalue weighted by molar-refractivity contribution is 5.65. The minimum Gasteiger partial charge on any atom is -0.465 e. The van der Waals surface area contributed by atoms with Gasteiger partial charge in [0.25, 0.3) is 0 Å². The predicted octanol–water partition coefficient (Wildman–Crippen LogP) is 0.162.